The Hall–Kier alpha value is -3.59. The number of ketones is 2. The van der Waals surface area contributed by atoms with Crippen molar-refractivity contribution >= 4 is 17.5 Å². The maximum absolute atomic E-state index is 13.9. The number of carbonyl (C=O) groups is 3. The van der Waals surface area contributed by atoms with Gasteiger partial charge in [0.05, 0.1) is 79.1 Å². The van der Waals surface area contributed by atoms with E-state index in [9.17, 15) is 39.9 Å². The maximum Gasteiger partial charge on any atom is 0.223 e. The van der Waals surface area contributed by atoms with Crippen molar-refractivity contribution in [3.05, 3.63) is 51.6 Å². The van der Waals surface area contributed by atoms with Crippen molar-refractivity contribution in [2.24, 2.45) is 11.7 Å². The summed E-state index contributed by atoms with van der Waals surface area (Å²) in [7, 11) is 1.34. The molecule has 1 heterocycles. The molecule has 46 heavy (non-hydrogen) atoms. The number of aromatic hydroxyl groups is 2. The van der Waals surface area contributed by atoms with Crippen molar-refractivity contribution < 1.29 is 54.1 Å². The van der Waals surface area contributed by atoms with E-state index in [0.29, 0.717) is 12.8 Å². The molecule has 0 aromatic heterocycles. The van der Waals surface area contributed by atoms with E-state index in [2.05, 4.69) is 5.32 Å². The number of nitrogens with one attached hydrogen (secondary N) is 1. The summed E-state index contributed by atoms with van der Waals surface area (Å²) in [6.45, 7) is 0.936. The second kappa shape index (κ2) is 12.2. The number of hydrogen-bond acceptors (Lipinski definition) is 12. The summed E-state index contributed by atoms with van der Waals surface area (Å²) in [6.07, 6.45) is -1.52. The molecule has 1 saturated carbocycles. The molecule has 0 bridgehead atoms. The summed E-state index contributed by atoms with van der Waals surface area (Å²) < 4.78 is 17.3. The first-order valence-electron chi connectivity index (χ1n) is 15.6. The predicted octanol–water partition coefficient (Wildman–Crippen LogP) is 0.760. The van der Waals surface area contributed by atoms with Gasteiger partial charge in [0.25, 0.3) is 0 Å². The van der Waals surface area contributed by atoms with Crippen molar-refractivity contribution in [2.45, 2.75) is 87.5 Å². The third-order valence-corrected chi connectivity index (χ3v) is 10.1. The Kier molecular flexibility index (Phi) is 8.59. The van der Waals surface area contributed by atoms with E-state index in [-0.39, 0.29) is 52.9 Å². The Morgan fingerprint density at radius 1 is 1.13 bits per heavy atom. The number of nitrogens with two attached hydrogens (primary N) is 1. The lowest BCUT2D eigenvalue weighted by Crippen LogP contribution is -2.60. The smallest absolute Gasteiger partial charge is 0.223 e. The molecular formula is C33H40N2O11. The van der Waals surface area contributed by atoms with Gasteiger partial charge in [-0.25, -0.2) is 0 Å². The molecule has 1 amide bonds. The summed E-state index contributed by atoms with van der Waals surface area (Å²) in [5, 5.41) is 59.5. The Labute approximate surface area is 265 Å². The first-order valence-corrected chi connectivity index (χ1v) is 15.6. The van der Waals surface area contributed by atoms with Crippen LogP contribution in [0.1, 0.15) is 88.1 Å². The van der Waals surface area contributed by atoms with E-state index in [1.165, 1.54) is 25.3 Å². The predicted molar refractivity (Wildman–Crippen MR) is 161 cm³/mol. The van der Waals surface area contributed by atoms with Crippen molar-refractivity contribution in [1.82, 2.24) is 5.32 Å². The highest BCUT2D eigenvalue weighted by Gasteiger charge is 2.51. The maximum atomic E-state index is 13.9. The number of phenolic OH excluding ortho intramolecular Hbond substituents is 2. The first kappa shape index (κ1) is 32.4. The number of aliphatic hydroxyl groups excluding tert-OH is 2. The number of carbonyl (C=O) groups excluding carboxylic acids is 3. The monoisotopic (exact) mass is 640 g/mol. The van der Waals surface area contributed by atoms with E-state index >= 15 is 0 Å². The molecule has 2 aromatic rings. The van der Waals surface area contributed by atoms with Crippen molar-refractivity contribution in [3.8, 4) is 17.2 Å². The average Bonchev–Trinajstić information content (AvgIpc) is 3.59. The Bertz CT molecular complexity index is 1570. The number of rotatable bonds is 7. The minimum atomic E-state index is -1.95. The summed E-state index contributed by atoms with van der Waals surface area (Å²) in [4.78, 5) is 40.8. The molecule has 3 aliphatic carbocycles. The van der Waals surface area contributed by atoms with E-state index in [1.54, 1.807) is 6.92 Å². The minimum absolute atomic E-state index is 0.0316. The molecule has 7 atom stereocenters. The van der Waals surface area contributed by atoms with Crippen LogP contribution >= 0.6 is 0 Å². The van der Waals surface area contributed by atoms with Crippen LogP contribution in [0.4, 0.5) is 0 Å². The van der Waals surface area contributed by atoms with Crippen LogP contribution in [0.15, 0.2) is 18.2 Å². The number of phenols is 2. The summed E-state index contributed by atoms with van der Waals surface area (Å²) >= 11 is 0. The van der Waals surface area contributed by atoms with Gasteiger partial charge < -0.3 is 50.8 Å². The zero-order chi connectivity index (χ0) is 33.1. The van der Waals surface area contributed by atoms with E-state index in [4.69, 9.17) is 19.9 Å². The van der Waals surface area contributed by atoms with Gasteiger partial charge in [0.1, 0.15) is 17.2 Å². The van der Waals surface area contributed by atoms with Gasteiger partial charge in [-0.2, -0.15) is 0 Å². The summed E-state index contributed by atoms with van der Waals surface area (Å²) in [6, 6.07) is 2.28. The molecule has 0 radical (unpaired) electrons. The normalized spacial score (nSPS) is 29.9. The number of benzene rings is 2. The van der Waals surface area contributed by atoms with Gasteiger partial charge in [-0.15, -0.1) is 0 Å². The summed E-state index contributed by atoms with van der Waals surface area (Å²) in [5.41, 5.74) is 3.22. The van der Waals surface area contributed by atoms with E-state index in [1.807, 2.05) is 0 Å². The van der Waals surface area contributed by atoms with Crippen LogP contribution in [-0.2, 0) is 20.7 Å². The third-order valence-electron chi connectivity index (χ3n) is 10.1. The highest BCUT2D eigenvalue weighted by Crippen LogP contribution is 2.53. The van der Waals surface area contributed by atoms with Crippen LogP contribution in [-0.4, -0.2) is 99.3 Å². The fourth-order valence-electron chi connectivity index (χ4n) is 7.49. The lowest BCUT2D eigenvalue weighted by atomic mass is 9.70. The second-order valence-corrected chi connectivity index (χ2v) is 12.9. The van der Waals surface area contributed by atoms with Gasteiger partial charge in [0.15, 0.2) is 5.78 Å². The molecule has 0 spiro atoms. The quantitative estimate of drug-likeness (QED) is 0.178. The molecule has 13 nitrogen and oxygen atoms in total. The Balaban J connectivity index is 1.47. The lowest BCUT2D eigenvalue weighted by Gasteiger charge is -2.46. The van der Waals surface area contributed by atoms with Gasteiger partial charge in [-0.1, -0.05) is 25.0 Å². The minimum Gasteiger partial charge on any atom is -0.507 e. The van der Waals surface area contributed by atoms with Crippen molar-refractivity contribution in [3.63, 3.8) is 0 Å². The molecule has 2 fully saturated rings. The largest absolute Gasteiger partial charge is 0.507 e. The standard InChI is InChI=1S/C33H40N2O11/c1-14-27(37)26(34)20(13-45-14)46-19-11-33(43,21(12-36)35-32(42)15-6-3-4-7-15)10-17-23(19)31(41)25-24(29(17)39)28(38)16-8-5-9-18(44-2)22(16)30(25)40/h5,8-9,14-15,19-21,26-27,36-37,39,41,43H,3-4,6-7,10-13,34H2,1-2H3,(H,35,42)/t14?,19-,20?,21?,26?,27?,33-/m0/s1. The number of amides is 1. The Morgan fingerprint density at radius 2 is 1.83 bits per heavy atom. The van der Waals surface area contributed by atoms with Gasteiger partial charge in [-0.3, -0.25) is 14.4 Å². The number of ether oxygens (including phenoxy) is 3. The highest BCUT2D eigenvalue weighted by molar-refractivity contribution is 6.31. The molecule has 4 aliphatic rings. The van der Waals surface area contributed by atoms with Crippen LogP contribution in [0.5, 0.6) is 17.2 Å². The van der Waals surface area contributed by atoms with Gasteiger partial charge in [-0.05, 0) is 25.8 Å². The molecule has 8 N–H and O–H groups in total. The van der Waals surface area contributed by atoms with Crippen molar-refractivity contribution in [1.29, 1.82) is 0 Å². The SMILES string of the molecule is COc1cccc2c1C(=O)c1c(O)c3c(c(O)c1C2=O)C[C@@](O)(C(CO)NC(=O)C1CCCC1)C[C@@H]3OC1COC(C)C(O)C1N. The van der Waals surface area contributed by atoms with Crippen LogP contribution in [0.3, 0.4) is 0 Å². The number of hydrogen-bond donors (Lipinski definition) is 7. The van der Waals surface area contributed by atoms with Crippen LogP contribution in [0, 0.1) is 5.92 Å². The number of methoxy groups -OCH3 is 1. The zero-order valence-electron chi connectivity index (χ0n) is 25.7. The van der Waals surface area contributed by atoms with Gasteiger partial charge in [0.2, 0.25) is 11.7 Å². The summed E-state index contributed by atoms with van der Waals surface area (Å²) in [5.74, 6) is -3.24. The highest BCUT2D eigenvalue weighted by atomic mass is 16.6. The van der Waals surface area contributed by atoms with Crippen LogP contribution in [0.2, 0.25) is 0 Å². The fourth-order valence-corrected chi connectivity index (χ4v) is 7.49. The molecule has 2 aromatic carbocycles. The van der Waals surface area contributed by atoms with Gasteiger partial charge >= 0.3 is 0 Å². The first-order chi connectivity index (χ1) is 21.9. The van der Waals surface area contributed by atoms with E-state index in [0.717, 1.165) is 12.8 Å². The zero-order valence-corrected chi connectivity index (χ0v) is 25.7. The molecule has 5 unspecified atom stereocenters. The Morgan fingerprint density at radius 3 is 2.50 bits per heavy atom. The van der Waals surface area contributed by atoms with E-state index < -0.39 is 89.3 Å². The molecule has 13 heteroatoms. The van der Waals surface area contributed by atoms with Crippen LogP contribution < -0.4 is 15.8 Å². The molecule has 6 rings (SSSR count). The number of fused-ring (bicyclic) bond motifs is 3. The third kappa shape index (κ3) is 5.15. The number of aliphatic hydroxyl groups is 3. The van der Waals surface area contributed by atoms with Gasteiger partial charge in [0, 0.05) is 35.4 Å². The topological polar surface area (TPSA) is 218 Å². The lowest BCUT2D eigenvalue weighted by molar-refractivity contribution is -0.176. The second-order valence-electron chi connectivity index (χ2n) is 12.9. The van der Waals surface area contributed by atoms with Crippen LogP contribution in [0.25, 0.3) is 0 Å². The molecule has 1 aliphatic heterocycles. The molecular weight excluding hydrogens is 600 g/mol. The molecule has 248 valence electrons. The van der Waals surface area contributed by atoms with Crippen molar-refractivity contribution in [2.75, 3.05) is 20.3 Å². The molecule has 1 saturated heterocycles. The average molecular weight is 641 g/mol. The fraction of sp³-hybridized carbons (Fsp3) is 0.545.